The van der Waals surface area contributed by atoms with E-state index in [4.69, 9.17) is 11.6 Å². The van der Waals surface area contributed by atoms with Crippen LogP contribution in [0.15, 0.2) is 18.7 Å². The molecule has 0 aromatic carbocycles. The number of rotatable bonds is 4. The van der Waals surface area contributed by atoms with E-state index in [-0.39, 0.29) is 21.4 Å². The van der Waals surface area contributed by atoms with Crippen molar-refractivity contribution in [1.82, 2.24) is 25.1 Å². The van der Waals surface area contributed by atoms with Crippen LogP contribution < -0.4 is 5.32 Å². The Hall–Kier alpha value is -1.47. The Morgan fingerprint density at radius 2 is 2.47 bits per heavy atom. The number of carbonyl (C=O) groups excluding carboxylic acids is 1. The second kappa shape index (κ2) is 5.24. The van der Waals surface area contributed by atoms with Crippen LogP contribution in [0.4, 0.5) is 0 Å². The van der Waals surface area contributed by atoms with Gasteiger partial charge in [0.05, 0.1) is 6.33 Å². The van der Waals surface area contributed by atoms with E-state index >= 15 is 0 Å². The number of hydrogen-bond donors (Lipinski definition) is 1. The van der Waals surface area contributed by atoms with Gasteiger partial charge in [0.25, 0.3) is 5.91 Å². The highest BCUT2D eigenvalue weighted by Gasteiger charge is 2.14. The fraction of sp³-hybridized carbons (Fsp3) is 0.333. The Balaban J connectivity index is 1.90. The van der Waals surface area contributed by atoms with E-state index in [9.17, 15) is 4.79 Å². The first-order valence-electron chi connectivity index (χ1n) is 4.91. The molecule has 2 heterocycles. The van der Waals surface area contributed by atoms with Gasteiger partial charge in [-0.2, -0.15) is 0 Å². The van der Waals surface area contributed by atoms with E-state index in [0.717, 1.165) is 11.3 Å². The molecule has 90 valence electrons. The lowest BCUT2D eigenvalue weighted by atomic mass is 10.3. The molecule has 0 saturated carbocycles. The Bertz CT molecular complexity index is 497. The normalized spacial score (nSPS) is 12.4. The lowest BCUT2D eigenvalue weighted by Gasteiger charge is -2.12. The van der Waals surface area contributed by atoms with Crippen molar-refractivity contribution in [3.05, 3.63) is 28.2 Å². The SMILES string of the molecule is CC(Cn1ccnc1)NC(=O)c1nnc(Cl)s1. The average Bonchev–Trinajstić information content (AvgIpc) is 2.89. The molecule has 0 bridgehead atoms. The number of nitrogens with zero attached hydrogens (tertiary/aromatic N) is 4. The molecule has 8 heteroatoms. The molecular formula is C9H10ClN5OS. The van der Waals surface area contributed by atoms with Crippen molar-refractivity contribution < 1.29 is 4.79 Å². The van der Waals surface area contributed by atoms with Crippen molar-refractivity contribution in [2.45, 2.75) is 19.5 Å². The Morgan fingerprint density at radius 1 is 1.65 bits per heavy atom. The number of carbonyl (C=O) groups is 1. The van der Waals surface area contributed by atoms with Crippen LogP contribution in [-0.2, 0) is 6.54 Å². The molecule has 2 aromatic rings. The van der Waals surface area contributed by atoms with Crippen molar-refractivity contribution in [3.63, 3.8) is 0 Å². The quantitative estimate of drug-likeness (QED) is 0.907. The van der Waals surface area contributed by atoms with Gasteiger partial charge in [-0.1, -0.05) is 11.3 Å². The van der Waals surface area contributed by atoms with Crippen LogP contribution in [0.2, 0.25) is 4.47 Å². The van der Waals surface area contributed by atoms with E-state index in [1.165, 1.54) is 0 Å². The highest BCUT2D eigenvalue weighted by molar-refractivity contribution is 7.17. The number of nitrogens with one attached hydrogen (secondary N) is 1. The molecule has 2 aromatic heterocycles. The number of halogens is 1. The zero-order valence-electron chi connectivity index (χ0n) is 9.00. The summed E-state index contributed by atoms with van der Waals surface area (Å²) >= 11 is 6.67. The highest BCUT2D eigenvalue weighted by Crippen LogP contribution is 2.14. The van der Waals surface area contributed by atoms with Gasteiger partial charge in [0, 0.05) is 25.0 Å². The van der Waals surface area contributed by atoms with Crippen molar-refractivity contribution in [2.24, 2.45) is 0 Å². The fourth-order valence-corrected chi connectivity index (χ4v) is 2.07. The predicted octanol–water partition coefficient (Wildman–Crippen LogP) is 1.21. The average molecular weight is 272 g/mol. The van der Waals surface area contributed by atoms with Gasteiger partial charge in [-0.15, -0.1) is 10.2 Å². The summed E-state index contributed by atoms with van der Waals surface area (Å²) in [6.45, 7) is 2.55. The molecule has 1 N–H and O–H groups in total. The van der Waals surface area contributed by atoms with Gasteiger partial charge in [0.1, 0.15) is 0 Å². The van der Waals surface area contributed by atoms with Gasteiger partial charge >= 0.3 is 0 Å². The molecule has 17 heavy (non-hydrogen) atoms. The van der Waals surface area contributed by atoms with Gasteiger partial charge in [-0.05, 0) is 18.5 Å². The number of imidazole rings is 1. The van der Waals surface area contributed by atoms with E-state index in [2.05, 4.69) is 20.5 Å². The monoisotopic (exact) mass is 271 g/mol. The molecule has 0 aliphatic carbocycles. The van der Waals surface area contributed by atoms with Crippen LogP contribution in [0.25, 0.3) is 0 Å². The van der Waals surface area contributed by atoms with Crippen LogP contribution >= 0.6 is 22.9 Å². The minimum absolute atomic E-state index is 0.0284. The van der Waals surface area contributed by atoms with E-state index in [0.29, 0.717) is 6.54 Å². The van der Waals surface area contributed by atoms with E-state index < -0.39 is 0 Å². The summed E-state index contributed by atoms with van der Waals surface area (Å²) in [5.41, 5.74) is 0. The second-order valence-corrected chi connectivity index (χ2v) is 5.05. The first-order chi connectivity index (χ1) is 8.15. The van der Waals surface area contributed by atoms with Crippen molar-refractivity contribution in [1.29, 1.82) is 0 Å². The molecule has 0 fully saturated rings. The van der Waals surface area contributed by atoms with Crippen LogP contribution in [0, 0.1) is 0 Å². The maximum absolute atomic E-state index is 11.7. The zero-order valence-corrected chi connectivity index (χ0v) is 10.6. The van der Waals surface area contributed by atoms with E-state index in [1.807, 2.05) is 17.7 Å². The smallest absolute Gasteiger partial charge is 0.282 e. The molecule has 2 rings (SSSR count). The highest BCUT2D eigenvalue weighted by atomic mass is 35.5. The largest absolute Gasteiger partial charge is 0.346 e. The summed E-state index contributed by atoms with van der Waals surface area (Å²) in [5.74, 6) is -0.262. The Labute approximate surface area is 107 Å². The molecule has 0 spiro atoms. The second-order valence-electron chi connectivity index (χ2n) is 3.49. The topological polar surface area (TPSA) is 72.7 Å². The van der Waals surface area contributed by atoms with E-state index in [1.54, 1.807) is 12.5 Å². The summed E-state index contributed by atoms with van der Waals surface area (Å²) in [6, 6.07) is -0.0284. The van der Waals surface area contributed by atoms with Crippen molar-refractivity contribution in [2.75, 3.05) is 0 Å². The maximum Gasteiger partial charge on any atom is 0.282 e. The number of aromatic nitrogens is 4. The first kappa shape index (κ1) is 12.0. The lowest BCUT2D eigenvalue weighted by molar-refractivity contribution is 0.0935. The minimum Gasteiger partial charge on any atom is -0.346 e. The standard InChI is InChI=1S/C9H10ClN5OS/c1-6(4-15-3-2-11-5-15)12-7(16)8-13-14-9(10)17-8/h2-3,5-6H,4H2,1H3,(H,12,16). The van der Waals surface area contributed by atoms with Crippen LogP contribution in [0.3, 0.4) is 0 Å². The van der Waals surface area contributed by atoms with Gasteiger partial charge < -0.3 is 9.88 Å². The van der Waals surface area contributed by atoms with Gasteiger partial charge in [-0.3, -0.25) is 4.79 Å². The molecular weight excluding hydrogens is 262 g/mol. The summed E-state index contributed by atoms with van der Waals surface area (Å²) in [5, 5.41) is 10.3. The maximum atomic E-state index is 11.7. The Kier molecular flexibility index (Phi) is 3.70. The summed E-state index contributed by atoms with van der Waals surface area (Å²) in [7, 11) is 0. The zero-order chi connectivity index (χ0) is 12.3. The molecule has 1 atom stereocenters. The molecule has 0 radical (unpaired) electrons. The van der Waals surface area contributed by atoms with Crippen molar-refractivity contribution >= 4 is 28.8 Å². The summed E-state index contributed by atoms with van der Waals surface area (Å²) < 4.78 is 2.15. The van der Waals surface area contributed by atoms with Crippen LogP contribution in [0.1, 0.15) is 16.7 Å². The summed E-state index contributed by atoms with van der Waals surface area (Å²) in [6.07, 6.45) is 5.23. The molecule has 0 saturated heterocycles. The summed E-state index contributed by atoms with van der Waals surface area (Å²) in [4.78, 5) is 15.6. The lowest BCUT2D eigenvalue weighted by Crippen LogP contribution is -2.35. The Morgan fingerprint density at radius 3 is 3.06 bits per heavy atom. The molecule has 0 aliphatic rings. The molecule has 1 unspecified atom stereocenters. The third-order valence-corrected chi connectivity index (χ3v) is 3.03. The fourth-order valence-electron chi connectivity index (χ4n) is 1.34. The van der Waals surface area contributed by atoms with Crippen LogP contribution in [0.5, 0.6) is 0 Å². The first-order valence-corrected chi connectivity index (χ1v) is 6.10. The molecule has 0 aliphatic heterocycles. The van der Waals surface area contributed by atoms with Crippen LogP contribution in [-0.4, -0.2) is 31.7 Å². The number of amides is 1. The number of hydrogen-bond acceptors (Lipinski definition) is 5. The van der Waals surface area contributed by atoms with Gasteiger partial charge in [-0.25, -0.2) is 4.98 Å². The minimum atomic E-state index is -0.262. The third-order valence-electron chi connectivity index (χ3n) is 2.02. The molecule has 1 amide bonds. The third kappa shape index (κ3) is 3.24. The van der Waals surface area contributed by atoms with Crippen molar-refractivity contribution in [3.8, 4) is 0 Å². The predicted molar refractivity (Wildman–Crippen MR) is 64.1 cm³/mol. The molecule has 6 nitrogen and oxygen atoms in total. The van der Waals surface area contributed by atoms with Gasteiger partial charge in [0.2, 0.25) is 9.47 Å². The van der Waals surface area contributed by atoms with Gasteiger partial charge in [0.15, 0.2) is 0 Å².